The van der Waals surface area contributed by atoms with Crippen LogP contribution >= 0.6 is 7.82 Å². The van der Waals surface area contributed by atoms with Crippen LogP contribution < -0.4 is 4.52 Å². The number of benzene rings is 5. The van der Waals surface area contributed by atoms with Gasteiger partial charge in [-0.05, 0) is 88.5 Å². The van der Waals surface area contributed by atoms with Gasteiger partial charge in [-0.25, -0.2) is 4.57 Å². The Kier molecular flexibility index (Phi) is 5.31. The fourth-order valence-electron chi connectivity index (χ4n) is 8.45. The Balaban J connectivity index is 1.27. The van der Waals surface area contributed by atoms with E-state index in [0.717, 1.165) is 86.2 Å². The fraction of sp³-hybridized carbons (Fsp3) is 0.189. The van der Waals surface area contributed by atoms with Gasteiger partial charge in [-0.2, -0.15) is 0 Å². The first-order valence-electron chi connectivity index (χ1n) is 15.1. The lowest BCUT2D eigenvalue weighted by molar-refractivity contribution is 0.232. The maximum Gasteiger partial charge on any atom is 0.584 e. The van der Waals surface area contributed by atoms with Gasteiger partial charge >= 0.3 is 7.82 Å². The van der Waals surface area contributed by atoms with Gasteiger partial charge in [0.05, 0.1) is 0 Å². The van der Waals surface area contributed by atoms with Gasteiger partial charge in [0.1, 0.15) is 23.0 Å². The maximum atomic E-state index is 13.4. The molecule has 218 valence electrons. The van der Waals surface area contributed by atoms with E-state index in [-0.39, 0.29) is 17.4 Å². The second-order valence-corrected chi connectivity index (χ2v) is 13.7. The lowest BCUT2D eigenvalue weighted by Gasteiger charge is -2.35. The van der Waals surface area contributed by atoms with Crippen LogP contribution in [0.2, 0.25) is 0 Å². The Bertz CT molecular complexity index is 2200. The van der Waals surface area contributed by atoms with E-state index in [1.807, 2.05) is 54.6 Å². The van der Waals surface area contributed by atoms with Gasteiger partial charge in [0.25, 0.3) is 0 Å². The normalized spacial score (nSPS) is 25.1. The predicted octanol–water partition coefficient (Wildman–Crippen LogP) is 8.93. The first-order chi connectivity index (χ1) is 21.3. The molecule has 7 heteroatoms. The summed E-state index contributed by atoms with van der Waals surface area (Å²) in [5.74, 6) is 1.54. The highest BCUT2D eigenvalue weighted by Gasteiger charge is 2.57. The van der Waals surface area contributed by atoms with E-state index in [1.54, 1.807) is 12.1 Å². The molecule has 0 amide bonds. The van der Waals surface area contributed by atoms with E-state index in [2.05, 4.69) is 24.3 Å². The Morgan fingerprint density at radius 2 is 1.57 bits per heavy atom. The van der Waals surface area contributed by atoms with Crippen LogP contribution in [0.5, 0.6) is 17.2 Å². The fourth-order valence-corrected chi connectivity index (χ4v) is 9.35. The smallest absolute Gasteiger partial charge is 0.507 e. The predicted molar refractivity (Wildman–Crippen MR) is 170 cm³/mol. The van der Waals surface area contributed by atoms with Gasteiger partial charge in [-0.15, -0.1) is 0 Å². The lowest BCUT2D eigenvalue weighted by atomic mass is 9.73. The zero-order valence-electron chi connectivity index (χ0n) is 23.8. The summed E-state index contributed by atoms with van der Waals surface area (Å²) in [6.07, 6.45) is 5.97. The summed E-state index contributed by atoms with van der Waals surface area (Å²) in [6, 6.07) is 27.3. The molecule has 1 spiro atoms. The number of fused-ring (bicyclic) bond motifs is 2. The first kappa shape index (κ1) is 25.9. The highest BCUT2D eigenvalue weighted by molar-refractivity contribution is 7.48. The number of phenolic OH excluding ortho intramolecular Hbond substituents is 2. The number of rotatable bonds is 2. The molecule has 1 fully saturated rings. The number of allylic oxidation sites excluding steroid dienone is 4. The van der Waals surface area contributed by atoms with E-state index in [9.17, 15) is 19.7 Å². The molecule has 5 aromatic rings. The van der Waals surface area contributed by atoms with Crippen molar-refractivity contribution in [2.75, 3.05) is 0 Å². The molecule has 1 heterocycles. The van der Waals surface area contributed by atoms with Gasteiger partial charge in [0, 0.05) is 39.7 Å². The minimum Gasteiger partial charge on any atom is -0.507 e. The van der Waals surface area contributed by atoms with Crippen LogP contribution in [0.15, 0.2) is 108 Å². The molecule has 3 aliphatic carbocycles. The molecule has 0 radical (unpaired) electrons. The number of hydrogen-bond donors (Lipinski definition) is 3. The SMILES string of the molecule is O=P1(O)OC2=C3C(=CCC2)C(c2ccc4c(O)cccc4c2)CC32CCc3c(-c4ccc5c(O)cccc5c4)ccc(c32)O1. The van der Waals surface area contributed by atoms with E-state index in [1.165, 1.54) is 0 Å². The molecule has 5 aromatic carbocycles. The molecule has 1 saturated carbocycles. The Morgan fingerprint density at radius 1 is 0.818 bits per heavy atom. The van der Waals surface area contributed by atoms with Gasteiger partial charge in [-0.1, -0.05) is 66.7 Å². The Hall–Kier alpha value is -4.51. The molecule has 44 heavy (non-hydrogen) atoms. The van der Waals surface area contributed by atoms with Crippen molar-refractivity contribution in [1.82, 2.24) is 0 Å². The van der Waals surface area contributed by atoms with E-state index >= 15 is 0 Å². The second-order valence-electron chi connectivity index (χ2n) is 12.4. The van der Waals surface area contributed by atoms with Crippen LogP contribution in [-0.2, 0) is 20.9 Å². The quantitative estimate of drug-likeness (QED) is 0.175. The molecule has 3 atom stereocenters. The monoisotopic (exact) mass is 600 g/mol. The Labute approximate surface area is 254 Å². The minimum absolute atomic E-state index is 0.0536. The summed E-state index contributed by atoms with van der Waals surface area (Å²) in [5, 5.41) is 24.3. The Morgan fingerprint density at radius 3 is 2.36 bits per heavy atom. The highest BCUT2D eigenvalue weighted by atomic mass is 31.2. The molecular formula is C37H29O6P. The zero-order valence-corrected chi connectivity index (χ0v) is 24.7. The van der Waals surface area contributed by atoms with Crippen molar-refractivity contribution in [1.29, 1.82) is 0 Å². The van der Waals surface area contributed by atoms with Gasteiger partial charge in [-0.3, -0.25) is 4.89 Å². The third-order valence-corrected chi connectivity index (χ3v) is 11.0. The van der Waals surface area contributed by atoms with Crippen molar-refractivity contribution in [2.45, 2.75) is 43.4 Å². The molecule has 6 nitrogen and oxygen atoms in total. The summed E-state index contributed by atoms with van der Waals surface area (Å²) in [6.45, 7) is 0. The molecule has 4 aliphatic rings. The zero-order chi connectivity index (χ0) is 29.8. The summed E-state index contributed by atoms with van der Waals surface area (Å²) in [5.41, 5.74) is 7.14. The third-order valence-electron chi connectivity index (χ3n) is 10.2. The number of aromatic hydroxyl groups is 2. The molecule has 0 saturated heterocycles. The van der Waals surface area contributed by atoms with Crippen molar-refractivity contribution in [3.05, 3.63) is 125 Å². The maximum absolute atomic E-state index is 13.4. The average Bonchev–Trinajstić information content (AvgIpc) is 3.56. The van der Waals surface area contributed by atoms with Crippen LogP contribution in [0.3, 0.4) is 0 Å². The molecule has 0 aromatic heterocycles. The summed E-state index contributed by atoms with van der Waals surface area (Å²) < 4.78 is 25.1. The minimum atomic E-state index is -4.42. The molecule has 3 N–H and O–H groups in total. The van der Waals surface area contributed by atoms with E-state index in [4.69, 9.17) is 9.05 Å². The molecular weight excluding hydrogens is 571 g/mol. The largest absolute Gasteiger partial charge is 0.584 e. The van der Waals surface area contributed by atoms with Gasteiger partial charge in [0.2, 0.25) is 0 Å². The van der Waals surface area contributed by atoms with E-state index < -0.39 is 13.2 Å². The summed E-state index contributed by atoms with van der Waals surface area (Å²) in [7, 11) is -4.42. The van der Waals surface area contributed by atoms with Crippen LogP contribution in [0.25, 0.3) is 32.7 Å². The molecule has 9 rings (SSSR count). The summed E-state index contributed by atoms with van der Waals surface area (Å²) in [4.78, 5) is 10.9. The van der Waals surface area contributed by atoms with Crippen LogP contribution in [0.4, 0.5) is 0 Å². The topological polar surface area (TPSA) is 96.2 Å². The lowest BCUT2D eigenvalue weighted by Crippen LogP contribution is -2.26. The van der Waals surface area contributed by atoms with Gasteiger partial charge in [0.15, 0.2) is 0 Å². The highest BCUT2D eigenvalue weighted by Crippen LogP contribution is 2.68. The van der Waals surface area contributed by atoms with Crippen molar-refractivity contribution >= 4 is 29.4 Å². The third kappa shape index (κ3) is 3.62. The standard InChI is InChI=1S/C37H29O6P/c38-31-7-1-4-21-18-23(10-12-26(21)31)25-14-15-34-36-29(25)16-17-37(36)20-30(24-11-13-27-22(19-24)5-2-8-32(27)39)28-6-3-9-33(35(28)37)42-44(40,41)43-34/h1-2,4-8,10-15,18-19,30,38-39H,3,9,16-17,20H2,(H,40,41). The average molecular weight is 601 g/mol. The van der Waals surface area contributed by atoms with Crippen LogP contribution in [-0.4, -0.2) is 15.1 Å². The number of hydrogen-bond acceptors (Lipinski definition) is 5. The van der Waals surface area contributed by atoms with Crippen LogP contribution in [0.1, 0.15) is 48.3 Å². The number of phosphoric acid groups is 1. The molecule has 3 unspecified atom stereocenters. The van der Waals surface area contributed by atoms with Crippen molar-refractivity contribution in [2.24, 2.45) is 0 Å². The first-order valence-corrected chi connectivity index (χ1v) is 16.6. The second kappa shape index (κ2) is 9.01. The summed E-state index contributed by atoms with van der Waals surface area (Å²) >= 11 is 0. The van der Waals surface area contributed by atoms with Crippen molar-refractivity contribution in [3.63, 3.8) is 0 Å². The van der Waals surface area contributed by atoms with Crippen LogP contribution in [0, 0.1) is 0 Å². The molecule has 1 aliphatic heterocycles. The number of phosphoric ester groups is 1. The number of phenols is 2. The molecule has 0 bridgehead atoms. The van der Waals surface area contributed by atoms with E-state index in [0.29, 0.717) is 17.9 Å². The van der Waals surface area contributed by atoms with Gasteiger partial charge < -0.3 is 19.3 Å². The van der Waals surface area contributed by atoms with Crippen molar-refractivity contribution < 1.29 is 28.7 Å². The van der Waals surface area contributed by atoms with Crippen molar-refractivity contribution in [3.8, 4) is 28.4 Å².